The summed E-state index contributed by atoms with van der Waals surface area (Å²) >= 11 is 0. The standard InChI is InChI=1S/C27H32N4O/c1-19-8-7-9-20(2)24(19)26(32)29-25(22-10-5-4-6-11-22)27-14-12-23(13-15-27)31(27)18-21-16-28-30(3)17-21/h4-11,16-17,23,25H,12-15,18H2,1-3H3,(H,29,32)/t23?,25-,27?/m1/s1. The predicted molar refractivity (Wildman–Crippen MR) is 126 cm³/mol. The number of fused-ring (bicyclic) bond motifs is 2. The van der Waals surface area contributed by atoms with Crippen molar-refractivity contribution in [3.8, 4) is 0 Å². The van der Waals surface area contributed by atoms with Gasteiger partial charge in [0.1, 0.15) is 0 Å². The van der Waals surface area contributed by atoms with Crippen LogP contribution in [0.1, 0.15) is 64.3 Å². The lowest BCUT2D eigenvalue weighted by molar-refractivity contribution is 0.0757. The predicted octanol–water partition coefficient (Wildman–Crippen LogP) is 4.71. The molecule has 166 valence electrons. The van der Waals surface area contributed by atoms with Crippen LogP contribution in [0.15, 0.2) is 60.9 Å². The molecule has 0 unspecified atom stereocenters. The molecule has 1 N–H and O–H groups in total. The molecule has 2 aliphatic heterocycles. The van der Waals surface area contributed by atoms with Gasteiger partial charge in [0.2, 0.25) is 0 Å². The molecule has 32 heavy (non-hydrogen) atoms. The van der Waals surface area contributed by atoms with Crippen LogP contribution < -0.4 is 5.32 Å². The summed E-state index contributed by atoms with van der Waals surface area (Å²) in [5, 5.41) is 7.89. The van der Waals surface area contributed by atoms with E-state index in [-0.39, 0.29) is 17.5 Å². The lowest BCUT2D eigenvalue weighted by Gasteiger charge is -2.42. The number of hydrogen-bond acceptors (Lipinski definition) is 3. The summed E-state index contributed by atoms with van der Waals surface area (Å²) < 4.78 is 1.87. The first-order valence-electron chi connectivity index (χ1n) is 11.6. The molecule has 2 aromatic carbocycles. The van der Waals surface area contributed by atoms with Crippen molar-refractivity contribution in [1.29, 1.82) is 0 Å². The summed E-state index contributed by atoms with van der Waals surface area (Å²) in [5.74, 6) is 0.0282. The van der Waals surface area contributed by atoms with Gasteiger partial charge in [0.15, 0.2) is 0 Å². The van der Waals surface area contributed by atoms with Gasteiger partial charge < -0.3 is 5.32 Å². The van der Waals surface area contributed by atoms with Crippen molar-refractivity contribution in [3.63, 3.8) is 0 Å². The van der Waals surface area contributed by atoms with E-state index in [0.29, 0.717) is 6.04 Å². The first-order chi connectivity index (χ1) is 15.5. The Morgan fingerprint density at radius 2 is 1.78 bits per heavy atom. The number of benzene rings is 2. The molecule has 5 heteroatoms. The van der Waals surface area contributed by atoms with Crippen molar-refractivity contribution in [2.45, 2.75) is 63.7 Å². The van der Waals surface area contributed by atoms with E-state index in [4.69, 9.17) is 0 Å². The molecule has 2 aliphatic rings. The Morgan fingerprint density at radius 1 is 1.09 bits per heavy atom. The fraction of sp³-hybridized carbons (Fsp3) is 0.407. The Hall–Kier alpha value is -2.92. The van der Waals surface area contributed by atoms with E-state index in [1.54, 1.807) is 0 Å². The van der Waals surface area contributed by atoms with Crippen LogP contribution in [0.2, 0.25) is 0 Å². The molecule has 2 bridgehead atoms. The van der Waals surface area contributed by atoms with Gasteiger partial charge in [-0.2, -0.15) is 5.10 Å². The SMILES string of the molecule is Cc1cccc(C)c1C(=O)N[C@H](c1ccccc1)C12CCC(CC1)N2Cc1cnn(C)c1. The molecule has 2 saturated heterocycles. The van der Waals surface area contributed by atoms with Crippen LogP contribution in [0.3, 0.4) is 0 Å². The molecule has 0 spiro atoms. The van der Waals surface area contributed by atoms with Crippen LogP contribution in [-0.2, 0) is 13.6 Å². The van der Waals surface area contributed by atoms with Crippen LogP contribution >= 0.6 is 0 Å². The monoisotopic (exact) mass is 428 g/mol. The molecule has 0 saturated carbocycles. The molecule has 3 aromatic rings. The summed E-state index contributed by atoms with van der Waals surface area (Å²) in [6, 6.07) is 17.1. The highest BCUT2D eigenvalue weighted by atomic mass is 16.1. The fourth-order valence-electron chi connectivity index (χ4n) is 6.11. The van der Waals surface area contributed by atoms with E-state index in [0.717, 1.165) is 36.1 Å². The highest BCUT2D eigenvalue weighted by molar-refractivity contribution is 5.97. The van der Waals surface area contributed by atoms with Gasteiger partial charge in [-0.15, -0.1) is 0 Å². The topological polar surface area (TPSA) is 50.2 Å². The van der Waals surface area contributed by atoms with Gasteiger partial charge in [-0.1, -0.05) is 48.5 Å². The number of nitrogens with zero attached hydrogens (tertiary/aromatic N) is 3. The molecule has 5 nitrogen and oxygen atoms in total. The number of amides is 1. The Kier molecular flexibility index (Phi) is 5.38. The number of aromatic nitrogens is 2. The van der Waals surface area contributed by atoms with Crippen LogP contribution in [-0.4, -0.2) is 32.2 Å². The van der Waals surface area contributed by atoms with E-state index in [2.05, 4.69) is 45.8 Å². The Morgan fingerprint density at radius 3 is 2.41 bits per heavy atom. The second-order valence-corrected chi connectivity index (χ2v) is 9.57. The van der Waals surface area contributed by atoms with E-state index in [1.807, 2.05) is 56.0 Å². The van der Waals surface area contributed by atoms with Crippen molar-refractivity contribution in [2.75, 3.05) is 0 Å². The molecule has 2 fully saturated rings. The molecule has 5 rings (SSSR count). The van der Waals surface area contributed by atoms with Gasteiger partial charge in [-0.05, 0) is 56.2 Å². The summed E-state index contributed by atoms with van der Waals surface area (Å²) in [6.45, 7) is 4.92. The maximum Gasteiger partial charge on any atom is 0.252 e. The zero-order chi connectivity index (χ0) is 22.3. The van der Waals surface area contributed by atoms with Gasteiger partial charge in [0, 0.05) is 42.5 Å². The fourth-order valence-corrected chi connectivity index (χ4v) is 6.11. The molecule has 1 atom stereocenters. The zero-order valence-electron chi connectivity index (χ0n) is 19.2. The maximum absolute atomic E-state index is 13.6. The third kappa shape index (κ3) is 3.55. The Bertz CT molecular complexity index is 1090. The normalized spacial score (nSPS) is 23.4. The summed E-state index contributed by atoms with van der Waals surface area (Å²) in [5.41, 5.74) is 5.19. The summed E-state index contributed by atoms with van der Waals surface area (Å²) in [7, 11) is 1.97. The van der Waals surface area contributed by atoms with Crippen molar-refractivity contribution >= 4 is 5.91 Å². The van der Waals surface area contributed by atoms with Crippen molar-refractivity contribution in [1.82, 2.24) is 20.0 Å². The average molecular weight is 429 g/mol. The van der Waals surface area contributed by atoms with Crippen molar-refractivity contribution < 1.29 is 4.79 Å². The number of carbonyl (C=O) groups excluding carboxylic acids is 1. The molecule has 3 heterocycles. The smallest absolute Gasteiger partial charge is 0.252 e. The minimum Gasteiger partial charge on any atom is -0.343 e. The number of rotatable bonds is 6. The van der Waals surface area contributed by atoms with E-state index in [1.165, 1.54) is 24.0 Å². The Balaban J connectivity index is 1.52. The first kappa shape index (κ1) is 21.0. The van der Waals surface area contributed by atoms with Crippen LogP contribution in [0.25, 0.3) is 0 Å². The van der Waals surface area contributed by atoms with E-state index in [9.17, 15) is 4.79 Å². The second kappa shape index (κ2) is 8.21. The molecular formula is C27H32N4O. The number of carbonyl (C=O) groups is 1. The third-order valence-electron chi connectivity index (χ3n) is 7.60. The Labute approximate surface area is 190 Å². The maximum atomic E-state index is 13.6. The number of aryl methyl sites for hydroxylation is 3. The molecular weight excluding hydrogens is 396 g/mol. The minimum absolute atomic E-state index is 0.0282. The van der Waals surface area contributed by atoms with Gasteiger partial charge >= 0.3 is 0 Å². The van der Waals surface area contributed by atoms with Crippen molar-refractivity contribution in [2.24, 2.45) is 7.05 Å². The lowest BCUT2D eigenvalue weighted by atomic mass is 9.78. The molecule has 1 amide bonds. The minimum atomic E-state index is -0.0753. The highest BCUT2D eigenvalue weighted by Gasteiger charge is 2.56. The zero-order valence-corrected chi connectivity index (χ0v) is 19.2. The van der Waals surface area contributed by atoms with E-state index >= 15 is 0 Å². The second-order valence-electron chi connectivity index (χ2n) is 9.57. The molecule has 0 radical (unpaired) electrons. The van der Waals surface area contributed by atoms with Gasteiger partial charge in [-0.3, -0.25) is 14.4 Å². The average Bonchev–Trinajstić information content (AvgIpc) is 3.46. The van der Waals surface area contributed by atoms with Crippen LogP contribution in [0.5, 0.6) is 0 Å². The van der Waals surface area contributed by atoms with E-state index < -0.39 is 0 Å². The summed E-state index contributed by atoms with van der Waals surface area (Å²) in [6.07, 6.45) is 8.65. The van der Waals surface area contributed by atoms with Crippen molar-refractivity contribution in [3.05, 3.63) is 88.7 Å². The quantitative estimate of drug-likeness (QED) is 0.619. The lowest BCUT2D eigenvalue weighted by Crippen LogP contribution is -2.52. The van der Waals surface area contributed by atoms with Gasteiger partial charge in [0.05, 0.1) is 12.2 Å². The highest BCUT2D eigenvalue weighted by Crippen LogP contribution is 2.53. The summed E-state index contributed by atoms with van der Waals surface area (Å²) in [4.78, 5) is 16.3. The largest absolute Gasteiger partial charge is 0.343 e. The van der Waals surface area contributed by atoms with Crippen LogP contribution in [0, 0.1) is 13.8 Å². The molecule has 0 aliphatic carbocycles. The van der Waals surface area contributed by atoms with Crippen LogP contribution in [0.4, 0.5) is 0 Å². The van der Waals surface area contributed by atoms with Gasteiger partial charge in [-0.25, -0.2) is 0 Å². The van der Waals surface area contributed by atoms with Gasteiger partial charge in [0.25, 0.3) is 5.91 Å². The number of hydrogen-bond donors (Lipinski definition) is 1. The number of nitrogens with one attached hydrogen (secondary N) is 1. The molecule has 1 aromatic heterocycles. The third-order valence-corrected chi connectivity index (χ3v) is 7.60. The first-order valence-corrected chi connectivity index (χ1v) is 11.6.